The molecule has 0 amide bonds. The third-order valence-corrected chi connectivity index (χ3v) is 4.23. The Kier molecular flexibility index (Phi) is 5.33. The van der Waals surface area contributed by atoms with Crippen LogP contribution in [0, 0.1) is 0 Å². The summed E-state index contributed by atoms with van der Waals surface area (Å²) in [6.45, 7) is 0. The number of alkyl halides is 1. The smallest absolute Gasteiger partial charge is 0.0939 e. The zero-order valence-corrected chi connectivity index (χ0v) is 12.2. The Morgan fingerprint density at radius 3 is 2.59 bits per heavy atom. The van der Waals surface area contributed by atoms with E-state index in [1.54, 1.807) is 0 Å². The molecule has 0 spiro atoms. The Hall–Kier alpha value is -0.0500. The SMILES string of the molecule is Clc1ccccc1C(CBr)OC1CCCCC1. The topological polar surface area (TPSA) is 9.23 Å². The first-order chi connectivity index (χ1) is 8.31. The lowest BCUT2D eigenvalue weighted by Gasteiger charge is -2.27. The first kappa shape index (κ1) is 13.4. The summed E-state index contributed by atoms with van der Waals surface area (Å²) < 4.78 is 6.18. The van der Waals surface area contributed by atoms with Gasteiger partial charge in [0.1, 0.15) is 0 Å². The van der Waals surface area contributed by atoms with Crippen LogP contribution in [0.3, 0.4) is 0 Å². The van der Waals surface area contributed by atoms with E-state index < -0.39 is 0 Å². The van der Waals surface area contributed by atoms with E-state index in [9.17, 15) is 0 Å². The van der Waals surface area contributed by atoms with Crippen molar-refractivity contribution < 1.29 is 4.74 Å². The number of rotatable bonds is 4. The third-order valence-electron chi connectivity index (χ3n) is 3.30. The highest BCUT2D eigenvalue weighted by molar-refractivity contribution is 9.09. The van der Waals surface area contributed by atoms with Gasteiger partial charge in [-0.2, -0.15) is 0 Å². The molecule has 0 aliphatic heterocycles. The van der Waals surface area contributed by atoms with Gasteiger partial charge in [0.25, 0.3) is 0 Å². The molecule has 0 aromatic heterocycles. The molecule has 1 aromatic carbocycles. The molecule has 1 fully saturated rings. The zero-order valence-electron chi connectivity index (χ0n) is 9.87. The van der Waals surface area contributed by atoms with Crippen LogP contribution in [0.5, 0.6) is 0 Å². The van der Waals surface area contributed by atoms with Crippen LogP contribution in [0.2, 0.25) is 5.02 Å². The van der Waals surface area contributed by atoms with Crippen LogP contribution in [0.4, 0.5) is 0 Å². The molecule has 1 saturated carbocycles. The fraction of sp³-hybridized carbons (Fsp3) is 0.571. The van der Waals surface area contributed by atoms with Crippen molar-refractivity contribution in [2.45, 2.75) is 44.3 Å². The van der Waals surface area contributed by atoms with Crippen LogP contribution in [0.25, 0.3) is 0 Å². The zero-order chi connectivity index (χ0) is 12.1. The van der Waals surface area contributed by atoms with Gasteiger partial charge in [-0.3, -0.25) is 0 Å². The summed E-state index contributed by atoms with van der Waals surface area (Å²) in [6.07, 6.45) is 6.80. The van der Waals surface area contributed by atoms with Crippen molar-refractivity contribution in [1.29, 1.82) is 0 Å². The van der Waals surface area contributed by atoms with E-state index >= 15 is 0 Å². The minimum absolute atomic E-state index is 0.0757. The van der Waals surface area contributed by atoms with Gasteiger partial charge in [-0.15, -0.1) is 0 Å². The highest BCUT2D eigenvalue weighted by Gasteiger charge is 2.21. The van der Waals surface area contributed by atoms with E-state index in [1.807, 2.05) is 18.2 Å². The van der Waals surface area contributed by atoms with Crippen molar-refractivity contribution in [2.75, 3.05) is 5.33 Å². The van der Waals surface area contributed by atoms with Crippen LogP contribution in [-0.4, -0.2) is 11.4 Å². The largest absolute Gasteiger partial charge is 0.369 e. The van der Waals surface area contributed by atoms with Crippen LogP contribution >= 0.6 is 27.5 Å². The van der Waals surface area contributed by atoms with Gasteiger partial charge in [-0.05, 0) is 18.9 Å². The predicted octanol–water partition coefficient (Wildman–Crippen LogP) is 5.13. The second kappa shape index (κ2) is 6.77. The molecule has 0 heterocycles. The van der Waals surface area contributed by atoms with E-state index in [-0.39, 0.29) is 6.10 Å². The summed E-state index contributed by atoms with van der Waals surface area (Å²) in [5.41, 5.74) is 1.09. The minimum Gasteiger partial charge on any atom is -0.369 e. The molecule has 1 aliphatic carbocycles. The number of ether oxygens (including phenoxy) is 1. The fourth-order valence-electron chi connectivity index (χ4n) is 2.36. The first-order valence-electron chi connectivity index (χ1n) is 6.27. The van der Waals surface area contributed by atoms with E-state index in [0.717, 1.165) is 15.9 Å². The Morgan fingerprint density at radius 1 is 1.24 bits per heavy atom. The molecule has 1 aliphatic rings. The summed E-state index contributed by atoms with van der Waals surface area (Å²) >= 11 is 9.74. The van der Waals surface area contributed by atoms with Gasteiger partial charge >= 0.3 is 0 Å². The number of hydrogen-bond donors (Lipinski definition) is 0. The molecular formula is C14H18BrClO. The number of halogens is 2. The van der Waals surface area contributed by atoms with Gasteiger partial charge in [0.15, 0.2) is 0 Å². The summed E-state index contributed by atoms with van der Waals surface area (Å²) in [5.74, 6) is 0. The Balaban J connectivity index is 2.03. The average Bonchev–Trinajstić information content (AvgIpc) is 2.38. The predicted molar refractivity (Wildman–Crippen MR) is 75.9 cm³/mol. The lowest BCUT2D eigenvalue weighted by atomic mass is 9.97. The van der Waals surface area contributed by atoms with Gasteiger partial charge in [-0.25, -0.2) is 0 Å². The van der Waals surface area contributed by atoms with Gasteiger partial charge in [-0.1, -0.05) is 65.0 Å². The molecule has 0 saturated heterocycles. The molecule has 0 N–H and O–H groups in total. The highest BCUT2D eigenvalue weighted by atomic mass is 79.9. The van der Waals surface area contributed by atoms with Crippen molar-refractivity contribution in [3.63, 3.8) is 0 Å². The van der Waals surface area contributed by atoms with Crippen LogP contribution in [0.1, 0.15) is 43.8 Å². The molecular weight excluding hydrogens is 300 g/mol. The second-order valence-corrected chi connectivity index (χ2v) is 5.62. The van der Waals surface area contributed by atoms with Gasteiger partial charge in [0, 0.05) is 15.9 Å². The molecule has 0 bridgehead atoms. The van der Waals surface area contributed by atoms with Crippen molar-refractivity contribution in [2.24, 2.45) is 0 Å². The van der Waals surface area contributed by atoms with Crippen molar-refractivity contribution in [3.8, 4) is 0 Å². The molecule has 1 nitrogen and oxygen atoms in total. The second-order valence-electron chi connectivity index (χ2n) is 4.56. The summed E-state index contributed by atoms with van der Waals surface area (Å²) in [4.78, 5) is 0. The van der Waals surface area contributed by atoms with E-state index in [0.29, 0.717) is 6.10 Å². The lowest BCUT2D eigenvalue weighted by Crippen LogP contribution is -2.20. The van der Waals surface area contributed by atoms with Crippen LogP contribution in [0.15, 0.2) is 24.3 Å². The average molecular weight is 318 g/mol. The van der Waals surface area contributed by atoms with Crippen molar-refractivity contribution in [3.05, 3.63) is 34.9 Å². The molecule has 1 aromatic rings. The Bertz CT molecular complexity index is 350. The maximum absolute atomic E-state index is 6.21. The molecule has 1 unspecified atom stereocenters. The standard InChI is InChI=1S/C14H18BrClO/c15-10-14(12-8-4-5-9-13(12)16)17-11-6-2-1-3-7-11/h4-5,8-9,11,14H,1-3,6-7,10H2. The molecule has 94 valence electrons. The fourth-order valence-corrected chi connectivity index (χ4v) is 3.12. The first-order valence-corrected chi connectivity index (χ1v) is 7.77. The van der Waals surface area contributed by atoms with Crippen molar-refractivity contribution in [1.82, 2.24) is 0 Å². The maximum atomic E-state index is 6.21. The van der Waals surface area contributed by atoms with Crippen molar-refractivity contribution >= 4 is 27.5 Å². The molecule has 17 heavy (non-hydrogen) atoms. The van der Waals surface area contributed by atoms with E-state index in [1.165, 1.54) is 32.1 Å². The van der Waals surface area contributed by atoms with E-state index in [4.69, 9.17) is 16.3 Å². The maximum Gasteiger partial charge on any atom is 0.0939 e. The lowest BCUT2D eigenvalue weighted by molar-refractivity contribution is -0.0192. The van der Waals surface area contributed by atoms with Crippen LogP contribution < -0.4 is 0 Å². The Morgan fingerprint density at radius 2 is 1.94 bits per heavy atom. The third kappa shape index (κ3) is 3.70. The van der Waals surface area contributed by atoms with Gasteiger partial charge in [0.05, 0.1) is 12.2 Å². The number of benzene rings is 1. The van der Waals surface area contributed by atoms with Gasteiger partial charge in [0.2, 0.25) is 0 Å². The normalized spacial score (nSPS) is 19.2. The van der Waals surface area contributed by atoms with Crippen LogP contribution in [-0.2, 0) is 4.74 Å². The van der Waals surface area contributed by atoms with E-state index in [2.05, 4.69) is 22.0 Å². The summed E-state index contributed by atoms with van der Waals surface area (Å²) in [7, 11) is 0. The molecule has 3 heteroatoms. The number of hydrogen-bond acceptors (Lipinski definition) is 1. The molecule has 1 atom stereocenters. The molecule has 0 radical (unpaired) electrons. The quantitative estimate of drug-likeness (QED) is 0.700. The summed E-state index contributed by atoms with van der Waals surface area (Å²) in [5, 5.41) is 1.60. The Labute approximate surface area is 117 Å². The highest BCUT2D eigenvalue weighted by Crippen LogP contribution is 2.31. The minimum atomic E-state index is 0.0757. The summed E-state index contributed by atoms with van der Waals surface area (Å²) in [6, 6.07) is 7.95. The molecule has 2 rings (SSSR count). The monoisotopic (exact) mass is 316 g/mol. The van der Waals surface area contributed by atoms with Gasteiger partial charge < -0.3 is 4.74 Å².